The fourth-order valence-electron chi connectivity index (χ4n) is 2.86. The Morgan fingerprint density at radius 1 is 1.30 bits per heavy atom. The Morgan fingerprint density at radius 3 is 2.96 bits per heavy atom. The maximum absolute atomic E-state index is 10.0. The predicted molar refractivity (Wildman–Crippen MR) is 95.9 cm³/mol. The van der Waals surface area contributed by atoms with E-state index in [2.05, 4.69) is 18.0 Å². The maximum atomic E-state index is 10.0. The number of allylic oxidation sites excluding steroid dienone is 2. The van der Waals surface area contributed by atoms with E-state index in [1.165, 1.54) is 25.7 Å². The monoisotopic (exact) mass is 315 g/mol. The van der Waals surface area contributed by atoms with E-state index < -0.39 is 6.10 Å². The van der Waals surface area contributed by atoms with Gasteiger partial charge in [-0.3, -0.25) is 0 Å². The van der Waals surface area contributed by atoms with Gasteiger partial charge < -0.3 is 15.2 Å². The molecule has 2 rings (SSSR count). The standard InChI is InChI=1S/C20H29NO2/c1-2-8-18-11-6-7-12-20(18)23-16-19(22)15-21-14-13-17-9-4-3-5-10-17/h2,6-7,9,11-12,19,21-22H,1,3-5,8,10,13-16H2. The number of ether oxygens (including phenoxy) is 1. The van der Waals surface area contributed by atoms with Crippen molar-refractivity contribution in [2.24, 2.45) is 0 Å². The second-order valence-electron chi connectivity index (χ2n) is 6.13. The molecular weight excluding hydrogens is 286 g/mol. The van der Waals surface area contributed by atoms with Gasteiger partial charge in [-0.15, -0.1) is 6.58 Å². The number of nitrogens with one attached hydrogen (secondary N) is 1. The molecule has 0 aliphatic heterocycles. The Bertz CT molecular complexity index is 510. The van der Waals surface area contributed by atoms with Crippen LogP contribution in [-0.4, -0.2) is 30.9 Å². The van der Waals surface area contributed by atoms with Crippen LogP contribution in [0.15, 0.2) is 48.6 Å². The van der Waals surface area contributed by atoms with Crippen LogP contribution in [0, 0.1) is 0 Å². The summed E-state index contributed by atoms with van der Waals surface area (Å²) in [5.41, 5.74) is 2.67. The first-order valence-corrected chi connectivity index (χ1v) is 8.68. The third kappa shape index (κ3) is 6.59. The first-order valence-electron chi connectivity index (χ1n) is 8.68. The molecule has 1 atom stereocenters. The summed E-state index contributed by atoms with van der Waals surface area (Å²) in [6.45, 7) is 5.56. The van der Waals surface area contributed by atoms with Crippen molar-refractivity contribution in [2.75, 3.05) is 19.7 Å². The van der Waals surface area contributed by atoms with Gasteiger partial charge in [-0.05, 0) is 56.7 Å². The van der Waals surface area contributed by atoms with E-state index in [4.69, 9.17) is 4.74 Å². The molecule has 0 aromatic heterocycles. The summed E-state index contributed by atoms with van der Waals surface area (Å²) >= 11 is 0. The molecule has 0 spiro atoms. The summed E-state index contributed by atoms with van der Waals surface area (Å²) in [5, 5.41) is 13.4. The largest absolute Gasteiger partial charge is 0.491 e. The number of hydrogen-bond donors (Lipinski definition) is 2. The van der Waals surface area contributed by atoms with Crippen LogP contribution in [0.1, 0.15) is 37.7 Å². The van der Waals surface area contributed by atoms with E-state index in [1.54, 1.807) is 5.57 Å². The molecule has 1 aliphatic rings. The minimum atomic E-state index is -0.493. The Labute approximate surface area is 140 Å². The van der Waals surface area contributed by atoms with Gasteiger partial charge in [0, 0.05) is 6.54 Å². The van der Waals surface area contributed by atoms with Gasteiger partial charge in [-0.2, -0.15) is 0 Å². The lowest BCUT2D eigenvalue weighted by Gasteiger charge is -2.16. The molecule has 0 heterocycles. The van der Waals surface area contributed by atoms with Crippen molar-refractivity contribution in [1.82, 2.24) is 5.32 Å². The van der Waals surface area contributed by atoms with Crippen molar-refractivity contribution >= 4 is 0 Å². The fourth-order valence-corrected chi connectivity index (χ4v) is 2.86. The molecule has 1 aliphatic carbocycles. The minimum Gasteiger partial charge on any atom is -0.491 e. The van der Waals surface area contributed by atoms with E-state index in [9.17, 15) is 5.11 Å². The lowest BCUT2D eigenvalue weighted by molar-refractivity contribution is 0.106. The van der Waals surface area contributed by atoms with Crippen LogP contribution in [0.3, 0.4) is 0 Å². The second kappa shape index (κ2) is 10.2. The summed E-state index contributed by atoms with van der Waals surface area (Å²) in [6.07, 6.45) is 10.7. The van der Waals surface area contributed by atoms with E-state index >= 15 is 0 Å². The van der Waals surface area contributed by atoms with E-state index in [1.807, 2.05) is 30.3 Å². The number of benzene rings is 1. The van der Waals surface area contributed by atoms with Crippen molar-refractivity contribution in [3.63, 3.8) is 0 Å². The quantitative estimate of drug-likeness (QED) is 0.512. The lowest BCUT2D eigenvalue weighted by atomic mass is 9.97. The van der Waals surface area contributed by atoms with Crippen molar-refractivity contribution in [2.45, 2.75) is 44.6 Å². The third-order valence-electron chi connectivity index (χ3n) is 4.16. The Kier molecular flexibility index (Phi) is 7.91. The molecular formula is C20H29NO2. The molecule has 0 fully saturated rings. The Hall–Kier alpha value is -1.58. The summed E-state index contributed by atoms with van der Waals surface area (Å²) in [5.74, 6) is 0.832. The molecule has 1 aromatic rings. The molecule has 3 nitrogen and oxygen atoms in total. The highest BCUT2D eigenvalue weighted by Gasteiger charge is 2.08. The Morgan fingerprint density at radius 2 is 2.17 bits per heavy atom. The molecule has 126 valence electrons. The average Bonchev–Trinajstić information content (AvgIpc) is 2.59. The molecule has 0 saturated carbocycles. The van der Waals surface area contributed by atoms with E-state index in [0.29, 0.717) is 13.2 Å². The summed E-state index contributed by atoms with van der Waals surface area (Å²) in [7, 11) is 0. The van der Waals surface area contributed by atoms with Gasteiger partial charge in [-0.1, -0.05) is 35.9 Å². The molecule has 1 aromatic carbocycles. The smallest absolute Gasteiger partial charge is 0.122 e. The number of rotatable bonds is 10. The second-order valence-corrected chi connectivity index (χ2v) is 6.13. The summed E-state index contributed by atoms with van der Waals surface area (Å²) < 4.78 is 5.75. The van der Waals surface area contributed by atoms with Crippen molar-refractivity contribution in [3.05, 3.63) is 54.1 Å². The molecule has 1 unspecified atom stereocenters. The average molecular weight is 315 g/mol. The van der Waals surface area contributed by atoms with Gasteiger partial charge >= 0.3 is 0 Å². The molecule has 0 saturated heterocycles. The molecule has 3 heteroatoms. The molecule has 0 amide bonds. The SMILES string of the molecule is C=CCc1ccccc1OCC(O)CNCCC1=CCCCC1. The first-order chi connectivity index (χ1) is 11.3. The minimum absolute atomic E-state index is 0.309. The molecule has 0 radical (unpaired) electrons. The summed E-state index contributed by atoms with van der Waals surface area (Å²) in [6, 6.07) is 7.90. The van der Waals surface area contributed by atoms with Crippen LogP contribution in [0.5, 0.6) is 5.75 Å². The highest BCUT2D eigenvalue weighted by Crippen LogP contribution is 2.20. The van der Waals surface area contributed by atoms with Crippen LogP contribution in [0.2, 0.25) is 0 Å². The Balaban J connectivity index is 1.64. The van der Waals surface area contributed by atoms with Gasteiger partial charge in [0.1, 0.15) is 18.5 Å². The van der Waals surface area contributed by atoms with Crippen LogP contribution < -0.4 is 10.1 Å². The first kappa shape index (κ1) is 17.8. The number of aliphatic hydroxyl groups excluding tert-OH is 1. The molecule has 2 N–H and O–H groups in total. The predicted octanol–water partition coefficient (Wildman–Crippen LogP) is 3.63. The van der Waals surface area contributed by atoms with Crippen LogP contribution >= 0.6 is 0 Å². The van der Waals surface area contributed by atoms with Gasteiger partial charge in [0.05, 0.1) is 0 Å². The highest BCUT2D eigenvalue weighted by molar-refractivity contribution is 5.34. The lowest BCUT2D eigenvalue weighted by Crippen LogP contribution is -2.32. The number of hydrogen-bond acceptors (Lipinski definition) is 3. The van der Waals surface area contributed by atoms with Gasteiger partial charge in [-0.25, -0.2) is 0 Å². The zero-order valence-corrected chi connectivity index (χ0v) is 14.0. The van der Waals surface area contributed by atoms with Crippen LogP contribution in [-0.2, 0) is 6.42 Å². The van der Waals surface area contributed by atoms with Gasteiger partial charge in [0.15, 0.2) is 0 Å². The van der Waals surface area contributed by atoms with Gasteiger partial charge in [0.2, 0.25) is 0 Å². The zero-order valence-electron chi connectivity index (χ0n) is 14.0. The van der Waals surface area contributed by atoms with Crippen LogP contribution in [0.25, 0.3) is 0 Å². The van der Waals surface area contributed by atoms with Crippen molar-refractivity contribution in [3.8, 4) is 5.75 Å². The summed E-state index contributed by atoms with van der Waals surface area (Å²) in [4.78, 5) is 0. The number of para-hydroxylation sites is 1. The normalized spacial score (nSPS) is 15.8. The third-order valence-corrected chi connectivity index (χ3v) is 4.16. The fraction of sp³-hybridized carbons (Fsp3) is 0.500. The van der Waals surface area contributed by atoms with Crippen molar-refractivity contribution in [1.29, 1.82) is 0 Å². The van der Waals surface area contributed by atoms with Gasteiger partial charge in [0.25, 0.3) is 0 Å². The topological polar surface area (TPSA) is 41.5 Å². The maximum Gasteiger partial charge on any atom is 0.122 e. The molecule has 23 heavy (non-hydrogen) atoms. The number of aliphatic hydroxyl groups is 1. The van der Waals surface area contributed by atoms with Crippen LogP contribution in [0.4, 0.5) is 0 Å². The van der Waals surface area contributed by atoms with E-state index in [-0.39, 0.29) is 0 Å². The van der Waals surface area contributed by atoms with Crippen molar-refractivity contribution < 1.29 is 9.84 Å². The zero-order chi connectivity index (χ0) is 16.3. The highest BCUT2D eigenvalue weighted by atomic mass is 16.5. The molecule has 0 bridgehead atoms. The van der Waals surface area contributed by atoms with E-state index in [0.717, 1.165) is 30.7 Å².